The first-order chi connectivity index (χ1) is 15.6. The molecule has 0 bridgehead atoms. The van der Waals surface area contributed by atoms with Crippen LogP contribution in [0.15, 0.2) is 53.7 Å². The molecule has 1 aliphatic heterocycles. The summed E-state index contributed by atoms with van der Waals surface area (Å²) in [6, 6.07) is 8.78. The van der Waals surface area contributed by atoms with E-state index in [1.165, 1.54) is 4.57 Å². The molecule has 0 atom stereocenters. The number of amides is 2. The zero-order valence-electron chi connectivity index (χ0n) is 18.1. The van der Waals surface area contributed by atoms with E-state index in [9.17, 15) is 9.59 Å². The standard InChI is InChI=1S/C22H28N8O2/c1-17-16-26-22(32)30(17)19-7-3-2-6-18(19)27-21(31)25-10-5-11-28-12-14-29(15-13-28)20-23-8-4-9-24-20/h2-4,6-9,16H,5,10-15H2,1H3,(H,26,32)(H2,25,27,31). The minimum atomic E-state index is -0.287. The molecule has 4 rings (SSSR count). The number of carbonyl (C=O) groups is 1. The van der Waals surface area contributed by atoms with Crippen LogP contribution in [0.1, 0.15) is 12.1 Å². The lowest BCUT2D eigenvalue weighted by molar-refractivity contribution is 0.244. The number of aryl methyl sites for hydroxylation is 1. The summed E-state index contributed by atoms with van der Waals surface area (Å²) in [5.41, 5.74) is 1.74. The van der Waals surface area contributed by atoms with Gasteiger partial charge in [-0.25, -0.2) is 19.6 Å². The van der Waals surface area contributed by atoms with Crippen molar-refractivity contribution in [3.63, 3.8) is 0 Å². The number of H-pyrrole nitrogens is 1. The highest BCUT2D eigenvalue weighted by molar-refractivity contribution is 5.91. The maximum Gasteiger partial charge on any atom is 0.330 e. The molecule has 2 aromatic heterocycles. The summed E-state index contributed by atoms with van der Waals surface area (Å²) in [6.07, 6.45) is 6.03. The molecule has 168 valence electrons. The fraction of sp³-hybridized carbons (Fsp3) is 0.364. The minimum Gasteiger partial charge on any atom is -0.338 e. The number of nitrogens with zero attached hydrogens (tertiary/aromatic N) is 5. The number of aromatic amines is 1. The second-order valence-electron chi connectivity index (χ2n) is 7.70. The number of anilines is 2. The summed E-state index contributed by atoms with van der Waals surface area (Å²) in [6.45, 7) is 7.00. The lowest BCUT2D eigenvalue weighted by Crippen LogP contribution is -2.47. The van der Waals surface area contributed by atoms with Gasteiger partial charge in [-0.1, -0.05) is 12.1 Å². The van der Waals surface area contributed by atoms with E-state index in [1.54, 1.807) is 30.7 Å². The second-order valence-corrected chi connectivity index (χ2v) is 7.70. The quantitative estimate of drug-likeness (QED) is 0.485. The number of hydrogen-bond donors (Lipinski definition) is 3. The van der Waals surface area contributed by atoms with Crippen LogP contribution >= 0.6 is 0 Å². The van der Waals surface area contributed by atoms with Crippen molar-refractivity contribution in [1.82, 2.24) is 29.7 Å². The van der Waals surface area contributed by atoms with E-state index in [0.717, 1.165) is 50.8 Å². The van der Waals surface area contributed by atoms with Gasteiger partial charge >= 0.3 is 11.7 Å². The van der Waals surface area contributed by atoms with Gasteiger partial charge in [0.15, 0.2) is 0 Å². The van der Waals surface area contributed by atoms with Crippen LogP contribution in [0.25, 0.3) is 5.69 Å². The molecule has 1 aromatic carbocycles. The Bertz CT molecular complexity index is 1090. The highest BCUT2D eigenvalue weighted by Crippen LogP contribution is 2.19. The fourth-order valence-electron chi connectivity index (χ4n) is 3.83. The lowest BCUT2D eigenvalue weighted by atomic mass is 10.2. The Hall–Kier alpha value is -3.66. The van der Waals surface area contributed by atoms with Crippen LogP contribution < -0.4 is 21.2 Å². The number of nitrogens with one attached hydrogen (secondary N) is 3. The minimum absolute atomic E-state index is 0.240. The Morgan fingerprint density at radius 3 is 2.56 bits per heavy atom. The number of imidazole rings is 1. The van der Waals surface area contributed by atoms with Crippen molar-refractivity contribution >= 4 is 17.7 Å². The summed E-state index contributed by atoms with van der Waals surface area (Å²) < 4.78 is 1.54. The number of hydrogen-bond acceptors (Lipinski definition) is 6. The van der Waals surface area contributed by atoms with Crippen molar-refractivity contribution < 1.29 is 4.79 Å². The molecule has 1 fully saturated rings. The number of carbonyl (C=O) groups excluding carboxylic acids is 1. The predicted molar refractivity (Wildman–Crippen MR) is 123 cm³/mol. The Morgan fingerprint density at radius 1 is 1.09 bits per heavy atom. The molecular weight excluding hydrogens is 408 g/mol. The maximum absolute atomic E-state index is 12.4. The molecule has 32 heavy (non-hydrogen) atoms. The van der Waals surface area contributed by atoms with Gasteiger partial charge in [0.05, 0.1) is 11.4 Å². The molecule has 3 N–H and O–H groups in total. The topological polar surface area (TPSA) is 111 Å². The molecular formula is C22H28N8O2. The third-order valence-electron chi connectivity index (χ3n) is 5.50. The van der Waals surface area contributed by atoms with Crippen LogP contribution in [0, 0.1) is 6.92 Å². The molecule has 10 heteroatoms. The van der Waals surface area contributed by atoms with Gasteiger partial charge in [0.1, 0.15) is 0 Å². The van der Waals surface area contributed by atoms with Crippen molar-refractivity contribution in [1.29, 1.82) is 0 Å². The summed E-state index contributed by atoms with van der Waals surface area (Å²) in [7, 11) is 0. The van der Waals surface area contributed by atoms with Crippen molar-refractivity contribution in [3.8, 4) is 5.69 Å². The zero-order chi connectivity index (χ0) is 22.3. The smallest absolute Gasteiger partial charge is 0.330 e. The molecule has 2 amide bonds. The van der Waals surface area contributed by atoms with Crippen molar-refractivity contribution in [2.75, 3.05) is 49.5 Å². The Kier molecular flexibility index (Phi) is 6.81. The van der Waals surface area contributed by atoms with E-state index in [0.29, 0.717) is 17.9 Å². The van der Waals surface area contributed by atoms with Crippen LogP contribution in [-0.2, 0) is 0 Å². The second kappa shape index (κ2) is 10.1. The number of piperazine rings is 1. The third kappa shape index (κ3) is 5.14. The zero-order valence-corrected chi connectivity index (χ0v) is 18.1. The van der Waals surface area contributed by atoms with Crippen LogP contribution in [0.2, 0.25) is 0 Å². The number of urea groups is 1. The first kappa shape index (κ1) is 21.6. The van der Waals surface area contributed by atoms with E-state index in [4.69, 9.17) is 0 Å². The van der Waals surface area contributed by atoms with Crippen molar-refractivity contribution in [2.24, 2.45) is 0 Å². The summed E-state index contributed by atoms with van der Waals surface area (Å²) in [5, 5.41) is 5.76. The monoisotopic (exact) mass is 436 g/mol. The highest BCUT2D eigenvalue weighted by atomic mass is 16.2. The number of aromatic nitrogens is 4. The molecule has 0 radical (unpaired) electrons. The molecule has 1 aliphatic rings. The van der Waals surface area contributed by atoms with Crippen molar-refractivity contribution in [3.05, 3.63) is 65.1 Å². The molecule has 3 heterocycles. The first-order valence-electron chi connectivity index (χ1n) is 10.8. The van der Waals surface area contributed by atoms with Crippen LogP contribution in [0.3, 0.4) is 0 Å². The van der Waals surface area contributed by atoms with E-state index in [2.05, 4.69) is 35.4 Å². The van der Waals surface area contributed by atoms with Crippen LogP contribution in [0.4, 0.5) is 16.4 Å². The van der Waals surface area contributed by atoms with E-state index >= 15 is 0 Å². The van der Waals surface area contributed by atoms with Gasteiger partial charge in [0, 0.05) is 57.0 Å². The fourth-order valence-corrected chi connectivity index (χ4v) is 3.83. The van der Waals surface area contributed by atoms with Gasteiger partial charge in [-0.15, -0.1) is 0 Å². The third-order valence-corrected chi connectivity index (χ3v) is 5.50. The summed E-state index contributed by atoms with van der Waals surface area (Å²) in [5.74, 6) is 0.780. The predicted octanol–water partition coefficient (Wildman–Crippen LogP) is 1.60. The average Bonchev–Trinajstić information content (AvgIpc) is 3.16. The molecule has 10 nitrogen and oxygen atoms in total. The maximum atomic E-state index is 12.4. The SMILES string of the molecule is Cc1c[nH]c(=O)n1-c1ccccc1NC(=O)NCCCN1CCN(c2ncccn2)CC1. The Labute approximate surface area is 186 Å². The van der Waals surface area contributed by atoms with Gasteiger partial charge in [-0.2, -0.15) is 0 Å². The highest BCUT2D eigenvalue weighted by Gasteiger charge is 2.18. The average molecular weight is 437 g/mol. The van der Waals surface area contributed by atoms with E-state index in [1.807, 2.05) is 25.1 Å². The van der Waals surface area contributed by atoms with Crippen LogP contribution in [-0.4, -0.2) is 69.7 Å². The van der Waals surface area contributed by atoms with Gasteiger partial charge in [-0.3, -0.25) is 9.47 Å². The molecule has 0 aliphatic carbocycles. The molecule has 1 saturated heterocycles. The van der Waals surface area contributed by atoms with Gasteiger partial charge < -0.3 is 20.5 Å². The van der Waals surface area contributed by atoms with Gasteiger partial charge in [-0.05, 0) is 38.1 Å². The number of para-hydroxylation sites is 2. The first-order valence-corrected chi connectivity index (χ1v) is 10.8. The Balaban J connectivity index is 1.21. The van der Waals surface area contributed by atoms with Gasteiger partial charge in [0.25, 0.3) is 0 Å². The van der Waals surface area contributed by atoms with E-state index < -0.39 is 0 Å². The normalized spacial score (nSPS) is 14.3. The lowest BCUT2D eigenvalue weighted by Gasteiger charge is -2.34. The number of rotatable bonds is 7. The Morgan fingerprint density at radius 2 is 1.84 bits per heavy atom. The number of benzene rings is 1. The van der Waals surface area contributed by atoms with E-state index in [-0.39, 0.29) is 11.7 Å². The molecule has 0 unspecified atom stereocenters. The molecule has 0 saturated carbocycles. The molecule has 0 spiro atoms. The van der Waals surface area contributed by atoms with Crippen LogP contribution in [0.5, 0.6) is 0 Å². The van der Waals surface area contributed by atoms with Crippen molar-refractivity contribution in [2.45, 2.75) is 13.3 Å². The molecule has 3 aromatic rings. The summed E-state index contributed by atoms with van der Waals surface area (Å²) in [4.78, 5) is 40.4. The largest absolute Gasteiger partial charge is 0.338 e. The van der Waals surface area contributed by atoms with Gasteiger partial charge in [0.2, 0.25) is 5.95 Å². The summed E-state index contributed by atoms with van der Waals surface area (Å²) >= 11 is 0.